The van der Waals surface area contributed by atoms with Gasteiger partial charge in [0.15, 0.2) is 0 Å². The number of hydrogen-bond donors (Lipinski definition) is 1. The van der Waals surface area contributed by atoms with Crippen molar-refractivity contribution in [2.75, 3.05) is 6.54 Å². The smallest absolute Gasteiger partial charge is 0.255 e. The highest BCUT2D eigenvalue weighted by Gasteiger charge is 2.22. The van der Waals surface area contributed by atoms with Gasteiger partial charge >= 0.3 is 0 Å². The van der Waals surface area contributed by atoms with Gasteiger partial charge in [-0.1, -0.05) is 6.07 Å². The minimum atomic E-state index is -0.00445. The van der Waals surface area contributed by atoms with Crippen LogP contribution in [0.3, 0.4) is 0 Å². The second kappa shape index (κ2) is 4.96. The van der Waals surface area contributed by atoms with Gasteiger partial charge in [0.25, 0.3) is 5.91 Å². The molecule has 3 rings (SSSR count). The largest absolute Gasteiger partial charge is 0.508 e. The number of aryl methyl sites for hydroxylation is 1. The molecular formula is C16H16N2O2. The van der Waals surface area contributed by atoms with Gasteiger partial charge in [-0.05, 0) is 48.2 Å². The van der Waals surface area contributed by atoms with E-state index >= 15 is 0 Å². The van der Waals surface area contributed by atoms with Crippen LogP contribution in [0.15, 0.2) is 36.7 Å². The third-order valence-electron chi connectivity index (χ3n) is 3.61. The van der Waals surface area contributed by atoms with Crippen LogP contribution in [0.2, 0.25) is 0 Å². The zero-order chi connectivity index (χ0) is 14.1. The molecule has 2 heterocycles. The first kappa shape index (κ1) is 12.7. The zero-order valence-electron chi connectivity index (χ0n) is 11.3. The lowest BCUT2D eigenvalue weighted by atomic mass is 9.99. The summed E-state index contributed by atoms with van der Waals surface area (Å²) in [5, 5.41) is 9.55. The van der Waals surface area contributed by atoms with Crippen LogP contribution in [0.5, 0.6) is 5.75 Å². The SMILES string of the molecule is Cc1cncc(C(=O)N2CCc3ccc(O)cc3C2)c1. The molecule has 20 heavy (non-hydrogen) atoms. The number of hydrogen-bond acceptors (Lipinski definition) is 3. The van der Waals surface area contributed by atoms with E-state index in [1.807, 2.05) is 19.1 Å². The van der Waals surface area contributed by atoms with Gasteiger partial charge < -0.3 is 10.0 Å². The second-order valence-corrected chi connectivity index (χ2v) is 5.18. The van der Waals surface area contributed by atoms with Crippen molar-refractivity contribution in [3.05, 3.63) is 58.9 Å². The predicted octanol–water partition coefficient (Wildman–Crippen LogP) is 2.29. The molecule has 1 aromatic heterocycles. The molecule has 1 aliphatic rings. The van der Waals surface area contributed by atoms with Crippen LogP contribution < -0.4 is 0 Å². The molecular weight excluding hydrogens is 252 g/mol. The Kier molecular flexibility index (Phi) is 3.14. The molecule has 0 fully saturated rings. The van der Waals surface area contributed by atoms with Crippen molar-refractivity contribution in [3.8, 4) is 5.75 Å². The summed E-state index contributed by atoms with van der Waals surface area (Å²) in [4.78, 5) is 18.3. The van der Waals surface area contributed by atoms with Crippen LogP contribution >= 0.6 is 0 Å². The molecule has 0 saturated carbocycles. The standard InChI is InChI=1S/C16H16N2O2/c1-11-6-13(9-17-8-11)16(20)18-5-4-12-2-3-15(19)7-14(12)10-18/h2-3,6-9,19H,4-5,10H2,1H3. The number of phenolic OH excluding ortho intramolecular Hbond substituents is 1. The lowest BCUT2D eigenvalue weighted by Gasteiger charge is -2.29. The monoisotopic (exact) mass is 268 g/mol. The Morgan fingerprint density at radius 2 is 2.10 bits per heavy atom. The zero-order valence-corrected chi connectivity index (χ0v) is 11.3. The van der Waals surface area contributed by atoms with E-state index in [-0.39, 0.29) is 11.7 Å². The summed E-state index contributed by atoms with van der Waals surface area (Å²) in [6, 6.07) is 7.22. The highest BCUT2D eigenvalue weighted by molar-refractivity contribution is 5.94. The van der Waals surface area contributed by atoms with Crippen LogP contribution in [0.4, 0.5) is 0 Å². The fraction of sp³-hybridized carbons (Fsp3) is 0.250. The van der Waals surface area contributed by atoms with Crippen molar-refractivity contribution in [2.24, 2.45) is 0 Å². The molecule has 102 valence electrons. The molecule has 0 radical (unpaired) electrons. The molecule has 0 bridgehead atoms. The van der Waals surface area contributed by atoms with Gasteiger partial charge in [-0.15, -0.1) is 0 Å². The summed E-state index contributed by atoms with van der Waals surface area (Å²) < 4.78 is 0. The van der Waals surface area contributed by atoms with Gasteiger partial charge in [0, 0.05) is 25.5 Å². The number of rotatable bonds is 1. The molecule has 1 N–H and O–H groups in total. The number of fused-ring (bicyclic) bond motifs is 1. The van der Waals surface area contributed by atoms with E-state index in [0.717, 1.165) is 17.5 Å². The Morgan fingerprint density at radius 3 is 2.90 bits per heavy atom. The molecule has 1 aromatic carbocycles. The number of amides is 1. The number of carbonyl (C=O) groups is 1. The molecule has 1 amide bonds. The summed E-state index contributed by atoms with van der Waals surface area (Å²) in [6.45, 7) is 3.16. The molecule has 0 atom stereocenters. The first-order valence-corrected chi connectivity index (χ1v) is 6.65. The second-order valence-electron chi connectivity index (χ2n) is 5.18. The number of carbonyl (C=O) groups excluding carboxylic acids is 1. The minimum absolute atomic E-state index is 0.00445. The van der Waals surface area contributed by atoms with Crippen molar-refractivity contribution in [1.29, 1.82) is 0 Å². The Morgan fingerprint density at radius 1 is 1.25 bits per heavy atom. The van der Waals surface area contributed by atoms with E-state index in [4.69, 9.17) is 0 Å². The van der Waals surface area contributed by atoms with Crippen LogP contribution in [-0.2, 0) is 13.0 Å². The highest BCUT2D eigenvalue weighted by atomic mass is 16.3. The number of pyridine rings is 1. The molecule has 0 aliphatic carbocycles. The van der Waals surface area contributed by atoms with Gasteiger partial charge in [-0.2, -0.15) is 0 Å². The maximum atomic E-state index is 12.5. The fourth-order valence-corrected chi connectivity index (χ4v) is 2.57. The number of benzene rings is 1. The average Bonchev–Trinajstić information content (AvgIpc) is 2.45. The van der Waals surface area contributed by atoms with Crippen LogP contribution in [0.1, 0.15) is 27.0 Å². The summed E-state index contributed by atoms with van der Waals surface area (Å²) in [6.07, 6.45) is 4.16. The molecule has 2 aromatic rings. The van der Waals surface area contributed by atoms with Crippen molar-refractivity contribution in [1.82, 2.24) is 9.88 Å². The third-order valence-corrected chi connectivity index (χ3v) is 3.61. The van der Waals surface area contributed by atoms with E-state index in [1.165, 1.54) is 5.56 Å². The number of phenols is 1. The molecule has 0 unspecified atom stereocenters. The number of nitrogens with zero attached hydrogens (tertiary/aromatic N) is 2. The average molecular weight is 268 g/mol. The van der Waals surface area contributed by atoms with Gasteiger partial charge in [0.1, 0.15) is 5.75 Å². The Hall–Kier alpha value is -2.36. The third kappa shape index (κ3) is 2.37. The highest BCUT2D eigenvalue weighted by Crippen LogP contribution is 2.24. The fourth-order valence-electron chi connectivity index (χ4n) is 2.57. The Bertz CT molecular complexity index is 667. The first-order chi connectivity index (χ1) is 9.63. The van der Waals surface area contributed by atoms with Crippen molar-refractivity contribution < 1.29 is 9.90 Å². The van der Waals surface area contributed by atoms with E-state index in [9.17, 15) is 9.90 Å². The molecule has 4 heteroatoms. The van der Waals surface area contributed by atoms with E-state index in [2.05, 4.69) is 4.98 Å². The first-order valence-electron chi connectivity index (χ1n) is 6.65. The van der Waals surface area contributed by atoms with Gasteiger partial charge in [-0.25, -0.2) is 0 Å². The lowest BCUT2D eigenvalue weighted by molar-refractivity contribution is 0.0734. The van der Waals surface area contributed by atoms with E-state index < -0.39 is 0 Å². The lowest BCUT2D eigenvalue weighted by Crippen LogP contribution is -2.36. The van der Waals surface area contributed by atoms with E-state index in [1.54, 1.807) is 29.4 Å². The van der Waals surface area contributed by atoms with Gasteiger partial charge in [0.05, 0.1) is 5.56 Å². The maximum Gasteiger partial charge on any atom is 0.255 e. The minimum Gasteiger partial charge on any atom is -0.508 e. The van der Waals surface area contributed by atoms with Crippen LogP contribution in [-0.4, -0.2) is 27.4 Å². The van der Waals surface area contributed by atoms with Crippen LogP contribution in [0.25, 0.3) is 0 Å². The Balaban J connectivity index is 1.84. The van der Waals surface area contributed by atoms with E-state index in [0.29, 0.717) is 18.7 Å². The molecule has 4 nitrogen and oxygen atoms in total. The van der Waals surface area contributed by atoms with Gasteiger partial charge in [-0.3, -0.25) is 9.78 Å². The summed E-state index contributed by atoms with van der Waals surface area (Å²) in [5.41, 5.74) is 3.82. The number of aromatic nitrogens is 1. The summed E-state index contributed by atoms with van der Waals surface area (Å²) >= 11 is 0. The Labute approximate surface area is 117 Å². The predicted molar refractivity (Wildman–Crippen MR) is 75.5 cm³/mol. The summed E-state index contributed by atoms with van der Waals surface area (Å²) in [5.74, 6) is 0.241. The van der Waals surface area contributed by atoms with Crippen molar-refractivity contribution in [3.63, 3.8) is 0 Å². The quantitative estimate of drug-likeness (QED) is 0.863. The summed E-state index contributed by atoms with van der Waals surface area (Å²) in [7, 11) is 0. The normalized spacial score (nSPS) is 13.9. The molecule has 0 saturated heterocycles. The molecule has 0 spiro atoms. The maximum absolute atomic E-state index is 12.5. The van der Waals surface area contributed by atoms with Crippen LogP contribution in [0, 0.1) is 6.92 Å². The number of aromatic hydroxyl groups is 1. The molecule has 1 aliphatic heterocycles. The topological polar surface area (TPSA) is 53.4 Å². The van der Waals surface area contributed by atoms with Crippen molar-refractivity contribution >= 4 is 5.91 Å². The van der Waals surface area contributed by atoms with Crippen molar-refractivity contribution in [2.45, 2.75) is 19.9 Å². The van der Waals surface area contributed by atoms with Gasteiger partial charge in [0.2, 0.25) is 0 Å².